The third kappa shape index (κ3) is 19.1. The Kier molecular flexibility index (Phi) is 27.1. The second kappa shape index (κ2) is 26.8. The van der Waals surface area contributed by atoms with Crippen LogP contribution in [-0.4, -0.2) is 0 Å². The molecule has 1 fully saturated rings. The average Bonchev–Trinajstić information content (AvgIpc) is 3.06. The molecule has 4 atom stereocenters. The van der Waals surface area contributed by atoms with Crippen molar-refractivity contribution in [2.45, 2.75) is 125 Å². The zero-order valence-electron chi connectivity index (χ0n) is 24.4. The first-order valence-electron chi connectivity index (χ1n) is 14.7. The van der Waals surface area contributed by atoms with Crippen LogP contribution in [0.1, 0.15) is 125 Å². The van der Waals surface area contributed by atoms with Gasteiger partial charge in [0.25, 0.3) is 0 Å². The number of nitrogens with zero attached hydrogens (tertiary/aromatic N) is 1. The van der Waals surface area contributed by atoms with E-state index in [2.05, 4.69) is 76.5 Å². The van der Waals surface area contributed by atoms with Gasteiger partial charge in [0, 0.05) is 6.42 Å². The minimum absolute atomic E-state index is 0.694. The van der Waals surface area contributed by atoms with Gasteiger partial charge in [-0.1, -0.05) is 110 Å². The highest BCUT2D eigenvalue weighted by atomic mass is 14.4. The lowest BCUT2D eigenvalue weighted by atomic mass is 9.82. The number of nitriles is 1. The zero-order valence-corrected chi connectivity index (χ0v) is 24.4. The van der Waals surface area contributed by atoms with Crippen molar-refractivity contribution in [1.29, 1.82) is 5.26 Å². The van der Waals surface area contributed by atoms with Crippen LogP contribution in [0.3, 0.4) is 0 Å². The Balaban J connectivity index is 0. The van der Waals surface area contributed by atoms with Crippen molar-refractivity contribution in [2.24, 2.45) is 23.7 Å². The van der Waals surface area contributed by atoms with E-state index in [1.165, 1.54) is 69.8 Å². The van der Waals surface area contributed by atoms with Crippen molar-refractivity contribution in [2.75, 3.05) is 0 Å². The van der Waals surface area contributed by atoms with E-state index in [1.807, 2.05) is 26.8 Å². The Morgan fingerprint density at radius 2 is 1.83 bits per heavy atom. The van der Waals surface area contributed by atoms with Crippen LogP contribution >= 0.6 is 0 Å². The minimum Gasteiger partial charge on any atom is -0.198 e. The van der Waals surface area contributed by atoms with Gasteiger partial charge < -0.3 is 0 Å². The molecule has 1 nitrogen and oxygen atoms in total. The summed E-state index contributed by atoms with van der Waals surface area (Å²) in [5, 5.41) is 7.82. The number of allylic oxidation sites excluding steroid dienone is 8. The van der Waals surface area contributed by atoms with Gasteiger partial charge in [-0.15, -0.1) is 13.2 Å². The summed E-state index contributed by atoms with van der Waals surface area (Å²) in [5.74, 6) is 3.71. The lowest BCUT2D eigenvalue weighted by Crippen LogP contribution is -2.14. The number of hydrogen-bond acceptors (Lipinski definition) is 1. The first kappa shape index (κ1) is 35.4. The molecule has 1 saturated carbocycles. The molecule has 0 heterocycles. The molecule has 0 radical (unpaired) electrons. The molecule has 4 unspecified atom stereocenters. The molecule has 0 bridgehead atoms. The largest absolute Gasteiger partial charge is 0.198 e. The molecule has 35 heavy (non-hydrogen) atoms. The maximum Gasteiger partial charge on any atom is 0.0621 e. The predicted octanol–water partition coefficient (Wildman–Crippen LogP) is 11.6. The Labute approximate surface area is 221 Å². The van der Waals surface area contributed by atoms with Crippen molar-refractivity contribution in [1.82, 2.24) is 0 Å². The van der Waals surface area contributed by atoms with Crippen molar-refractivity contribution < 1.29 is 0 Å². The third-order valence-electron chi connectivity index (χ3n) is 6.99. The maximum atomic E-state index is 7.82. The van der Waals surface area contributed by atoms with Crippen LogP contribution in [0, 0.1) is 35.0 Å². The van der Waals surface area contributed by atoms with Crippen LogP contribution in [0.2, 0.25) is 0 Å². The lowest BCUT2D eigenvalue weighted by Gasteiger charge is -2.24. The number of unbranched alkanes of at least 4 members (excludes halogenated alkanes) is 3. The van der Waals surface area contributed by atoms with Crippen LogP contribution < -0.4 is 0 Å². The van der Waals surface area contributed by atoms with Gasteiger partial charge in [-0.3, -0.25) is 0 Å². The standard InChI is InChI=1S/C26H42.C4H7N.C2H6.C2H4/c1-4-5-6-7-12-15-25-20-18-23(3)26(25)21-17-22(2)16-19-24-13-10-8-9-11-14-24;1-2-3-4-5;2*1-2/h7-8,10-14,22-23,25-26H,4-6,9,15-21H2,1-3H3;2-3H2,1H3;1-2H3;1-2H2. The Hall–Kier alpha value is -1.81. The van der Waals surface area contributed by atoms with Crippen molar-refractivity contribution in [3.8, 4) is 6.07 Å². The van der Waals surface area contributed by atoms with Crippen molar-refractivity contribution in [3.63, 3.8) is 0 Å². The summed E-state index contributed by atoms with van der Waals surface area (Å²) in [6.45, 7) is 19.2. The van der Waals surface area contributed by atoms with Gasteiger partial charge in [-0.25, -0.2) is 0 Å². The van der Waals surface area contributed by atoms with Crippen LogP contribution in [0.15, 0.2) is 61.3 Å². The molecule has 0 amide bonds. The highest BCUT2D eigenvalue weighted by Crippen LogP contribution is 2.42. The highest BCUT2D eigenvalue weighted by Gasteiger charge is 2.32. The van der Waals surface area contributed by atoms with E-state index in [1.54, 1.807) is 0 Å². The summed E-state index contributed by atoms with van der Waals surface area (Å²) in [4.78, 5) is 0. The molecule has 0 aromatic rings. The zero-order chi connectivity index (χ0) is 26.7. The van der Waals surface area contributed by atoms with Crippen LogP contribution in [0.4, 0.5) is 0 Å². The maximum absolute atomic E-state index is 7.82. The average molecular weight is 482 g/mol. The molecular formula is C34H59N. The van der Waals surface area contributed by atoms with Crippen molar-refractivity contribution in [3.05, 3.63) is 61.3 Å². The molecule has 0 aromatic heterocycles. The van der Waals surface area contributed by atoms with E-state index in [9.17, 15) is 0 Å². The van der Waals surface area contributed by atoms with E-state index in [0.29, 0.717) is 6.42 Å². The summed E-state index contributed by atoms with van der Waals surface area (Å²) < 4.78 is 0. The van der Waals surface area contributed by atoms with Gasteiger partial charge >= 0.3 is 0 Å². The highest BCUT2D eigenvalue weighted by molar-refractivity contribution is 5.27. The van der Waals surface area contributed by atoms with Gasteiger partial charge in [0.05, 0.1) is 6.07 Å². The van der Waals surface area contributed by atoms with Gasteiger partial charge in [-0.05, 0) is 80.6 Å². The number of hydrogen-bond donors (Lipinski definition) is 0. The van der Waals surface area contributed by atoms with E-state index >= 15 is 0 Å². The molecule has 200 valence electrons. The first-order valence-corrected chi connectivity index (χ1v) is 14.7. The minimum atomic E-state index is 0.694. The summed E-state index contributed by atoms with van der Waals surface area (Å²) in [7, 11) is 0. The van der Waals surface area contributed by atoms with Gasteiger partial charge in [0.15, 0.2) is 0 Å². The molecule has 0 N–H and O–H groups in total. The SMILES string of the molecule is C=C.CC.CCCC#N.CCCCC=CCC1CCC(C)C1CCC(C)CCC1=CC=CCC=C1. The molecule has 2 aliphatic carbocycles. The van der Waals surface area contributed by atoms with Gasteiger partial charge in [0.1, 0.15) is 0 Å². The first-order chi connectivity index (χ1) is 17.1. The van der Waals surface area contributed by atoms with Crippen LogP contribution in [0.25, 0.3) is 0 Å². The van der Waals surface area contributed by atoms with Crippen LogP contribution in [0.5, 0.6) is 0 Å². The molecule has 0 saturated heterocycles. The van der Waals surface area contributed by atoms with E-state index in [4.69, 9.17) is 5.26 Å². The summed E-state index contributed by atoms with van der Waals surface area (Å²) in [5.41, 5.74) is 1.51. The van der Waals surface area contributed by atoms with E-state index < -0.39 is 0 Å². The Morgan fingerprint density at radius 1 is 1.09 bits per heavy atom. The predicted molar refractivity (Wildman–Crippen MR) is 160 cm³/mol. The topological polar surface area (TPSA) is 23.8 Å². The molecule has 0 spiro atoms. The van der Waals surface area contributed by atoms with Crippen LogP contribution in [-0.2, 0) is 0 Å². The second-order valence-electron chi connectivity index (χ2n) is 9.77. The summed E-state index contributed by atoms with van der Waals surface area (Å²) >= 11 is 0. The Morgan fingerprint density at radius 3 is 2.46 bits per heavy atom. The normalized spacial score (nSPS) is 21.3. The molecule has 2 aliphatic rings. The smallest absolute Gasteiger partial charge is 0.0621 e. The molecule has 0 aliphatic heterocycles. The quantitative estimate of drug-likeness (QED) is 0.201. The fraction of sp³-hybridized carbons (Fsp3) is 0.676. The third-order valence-corrected chi connectivity index (χ3v) is 6.99. The molecular weight excluding hydrogens is 422 g/mol. The fourth-order valence-electron chi connectivity index (χ4n) is 4.83. The summed E-state index contributed by atoms with van der Waals surface area (Å²) in [6.07, 6.45) is 32.7. The van der Waals surface area contributed by atoms with Gasteiger partial charge in [0.2, 0.25) is 0 Å². The molecule has 2 rings (SSSR count). The van der Waals surface area contributed by atoms with E-state index in [-0.39, 0.29) is 0 Å². The lowest BCUT2D eigenvalue weighted by molar-refractivity contribution is 0.279. The van der Waals surface area contributed by atoms with Crippen molar-refractivity contribution >= 4 is 0 Å². The molecule has 0 aromatic carbocycles. The summed E-state index contributed by atoms with van der Waals surface area (Å²) in [6, 6.07) is 2.02. The molecule has 1 heteroatoms. The van der Waals surface area contributed by atoms with Gasteiger partial charge in [-0.2, -0.15) is 5.26 Å². The number of rotatable bonds is 12. The monoisotopic (exact) mass is 481 g/mol. The Bertz CT molecular complexity index is 615. The second-order valence-corrected chi connectivity index (χ2v) is 9.77. The fourth-order valence-corrected chi connectivity index (χ4v) is 4.83. The van der Waals surface area contributed by atoms with E-state index in [0.717, 1.165) is 36.5 Å².